The Kier molecular flexibility index (Phi) is 4.09. The smallest absolute Gasteiger partial charge is 0.336 e. The van der Waals surface area contributed by atoms with Crippen molar-refractivity contribution in [3.8, 4) is 11.5 Å². The third-order valence-corrected chi connectivity index (χ3v) is 5.81. The lowest BCUT2D eigenvalue weighted by Gasteiger charge is -2.37. The van der Waals surface area contributed by atoms with E-state index in [1.54, 1.807) is 0 Å². The van der Waals surface area contributed by atoms with Crippen LogP contribution in [0.2, 0.25) is 0 Å². The molecular formula is C22H26O5. The average Bonchev–Trinajstić information content (AvgIpc) is 2.58. The third-order valence-electron chi connectivity index (χ3n) is 5.81. The van der Waals surface area contributed by atoms with Crippen molar-refractivity contribution in [3.05, 3.63) is 33.2 Å². The summed E-state index contributed by atoms with van der Waals surface area (Å²) < 4.78 is 18.1. The van der Waals surface area contributed by atoms with E-state index in [9.17, 15) is 9.59 Å². The molecule has 1 aromatic heterocycles. The van der Waals surface area contributed by atoms with Gasteiger partial charge in [-0.2, -0.15) is 0 Å². The molecule has 2 aliphatic rings. The van der Waals surface area contributed by atoms with Gasteiger partial charge in [0.1, 0.15) is 28.8 Å². The molecular weight excluding hydrogens is 344 g/mol. The molecule has 2 aromatic rings. The lowest BCUT2D eigenvalue weighted by Crippen LogP contribution is -2.37. The first-order chi connectivity index (χ1) is 12.7. The number of hydrogen-bond donors (Lipinski definition) is 0. The maximum Gasteiger partial charge on any atom is 0.336 e. The molecule has 0 unspecified atom stereocenters. The van der Waals surface area contributed by atoms with Crippen LogP contribution in [0.15, 0.2) is 15.3 Å². The summed E-state index contributed by atoms with van der Waals surface area (Å²) in [5.74, 6) is 0.931. The summed E-state index contributed by atoms with van der Waals surface area (Å²) in [6, 6.07) is 1.53. The minimum absolute atomic E-state index is 0.0295. The number of carbonyl (C=O) groups excluding carboxylic acids is 1. The maximum absolute atomic E-state index is 13.2. The van der Waals surface area contributed by atoms with E-state index in [0.29, 0.717) is 22.6 Å². The van der Waals surface area contributed by atoms with Crippen LogP contribution in [0.5, 0.6) is 11.5 Å². The molecule has 0 saturated heterocycles. The average molecular weight is 370 g/mol. The van der Waals surface area contributed by atoms with E-state index >= 15 is 0 Å². The molecule has 0 bridgehead atoms. The van der Waals surface area contributed by atoms with E-state index in [-0.39, 0.29) is 23.4 Å². The Bertz CT molecular complexity index is 998. The van der Waals surface area contributed by atoms with Gasteiger partial charge in [0.2, 0.25) is 0 Å². The predicted molar refractivity (Wildman–Crippen MR) is 103 cm³/mol. The summed E-state index contributed by atoms with van der Waals surface area (Å²) in [7, 11) is 0. The minimum Gasteiger partial charge on any atom is -0.489 e. The number of Topliss-reactive ketones (excluding diaryl/α,β-unsaturated/α-hetero) is 1. The molecule has 0 spiro atoms. The zero-order valence-electron chi connectivity index (χ0n) is 16.6. The van der Waals surface area contributed by atoms with Crippen LogP contribution < -0.4 is 15.1 Å². The van der Waals surface area contributed by atoms with Gasteiger partial charge in [0.25, 0.3) is 0 Å². The number of ether oxygens (including phenoxy) is 2. The highest BCUT2D eigenvalue weighted by Gasteiger charge is 2.40. The molecule has 5 heteroatoms. The molecule has 0 fully saturated rings. The first-order valence-corrected chi connectivity index (χ1v) is 9.79. The van der Waals surface area contributed by atoms with Crippen molar-refractivity contribution in [1.29, 1.82) is 0 Å². The number of carbonyl (C=O) groups is 1. The first kappa shape index (κ1) is 18.1. The second-order valence-electron chi connectivity index (χ2n) is 8.39. The molecule has 2 atom stereocenters. The monoisotopic (exact) mass is 370 g/mol. The lowest BCUT2D eigenvalue weighted by atomic mass is 9.84. The molecule has 2 aliphatic heterocycles. The fourth-order valence-electron chi connectivity index (χ4n) is 4.12. The van der Waals surface area contributed by atoms with Crippen LogP contribution in [0.25, 0.3) is 11.0 Å². The van der Waals surface area contributed by atoms with Gasteiger partial charge in [0, 0.05) is 11.6 Å². The fourth-order valence-corrected chi connectivity index (χ4v) is 4.12. The molecule has 144 valence electrons. The van der Waals surface area contributed by atoms with Crippen LogP contribution in [-0.4, -0.2) is 17.5 Å². The van der Waals surface area contributed by atoms with Crippen molar-refractivity contribution in [2.75, 3.05) is 0 Å². The fraction of sp³-hybridized carbons (Fsp3) is 0.545. The Morgan fingerprint density at radius 2 is 1.93 bits per heavy atom. The zero-order valence-corrected chi connectivity index (χ0v) is 16.6. The van der Waals surface area contributed by atoms with Crippen molar-refractivity contribution in [3.63, 3.8) is 0 Å². The molecule has 0 radical (unpaired) electrons. The molecule has 0 N–H and O–H groups in total. The van der Waals surface area contributed by atoms with Gasteiger partial charge in [-0.05, 0) is 45.6 Å². The molecule has 27 heavy (non-hydrogen) atoms. The predicted octanol–water partition coefficient (Wildman–Crippen LogP) is 4.45. The number of aryl methyl sites for hydroxylation is 1. The second kappa shape index (κ2) is 6.11. The summed E-state index contributed by atoms with van der Waals surface area (Å²) in [5, 5.41) is 0.761. The Hall–Kier alpha value is -2.30. The number of fused-ring (bicyclic) bond motifs is 6. The largest absolute Gasteiger partial charge is 0.489 e. The van der Waals surface area contributed by atoms with Gasteiger partial charge in [0.05, 0.1) is 11.3 Å². The summed E-state index contributed by atoms with van der Waals surface area (Å²) in [4.78, 5) is 25.4. The topological polar surface area (TPSA) is 65.7 Å². The highest BCUT2D eigenvalue weighted by Crippen LogP contribution is 2.49. The quantitative estimate of drug-likeness (QED) is 0.731. The molecule has 0 amide bonds. The van der Waals surface area contributed by atoms with Crippen LogP contribution in [0.1, 0.15) is 68.9 Å². The van der Waals surface area contributed by atoms with Crippen molar-refractivity contribution in [2.24, 2.45) is 5.92 Å². The minimum atomic E-state index is -0.442. The van der Waals surface area contributed by atoms with Crippen LogP contribution in [0.3, 0.4) is 0 Å². The molecule has 5 nitrogen and oxygen atoms in total. The van der Waals surface area contributed by atoms with E-state index in [0.717, 1.165) is 42.2 Å². The zero-order chi connectivity index (χ0) is 19.5. The maximum atomic E-state index is 13.2. The van der Waals surface area contributed by atoms with E-state index in [1.165, 1.54) is 6.07 Å². The van der Waals surface area contributed by atoms with E-state index < -0.39 is 5.63 Å². The SMILES string of the molecule is CCCc1cc(=O)oc2c3c(c4c(c12)OC(C)(C)CC4)O[C@H](C)[C@@H](C)C3=O. The second-order valence-corrected chi connectivity index (χ2v) is 8.39. The Labute approximate surface area is 158 Å². The highest BCUT2D eigenvalue weighted by atomic mass is 16.5. The molecule has 4 rings (SSSR count). The van der Waals surface area contributed by atoms with Crippen molar-refractivity contribution >= 4 is 16.8 Å². The van der Waals surface area contributed by atoms with Crippen LogP contribution in [0.4, 0.5) is 0 Å². The van der Waals surface area contributed by atoms with Crippen molar-refractivity contribution < 1.29 is 18.7 Å². The van der Waals surface area contributed by atoms with Gasteiger partial charge in [-0.3, -0.25) is 4.79 Å². The van der Waals surface area contributed by atoms with Gasteiger partial charge >= 0.3 is 5.63 Å². The van der Waals surface area contributed by atoms with Crippen LogP contribution in [0, 0.1) is 5.92 Å². The van der Waals surface area contributed by atoms with Crippen molar-refractivity contribution in [2.45, 2.75) is 72.0 Å². The normalized spacial score (nSPS) is 23.4. The van der Waals surface area contributed by atoms with Gasteiger partial charge < -0.3 is 13.9 Å². The molecule has 0 saturated carbocycles. The Balaban J connectivity index is 2.15. The van der Waals surface area contributed by atoms with Gasteiger partial charge in [-0.15, -0.1) is 0 Å². The third kappa shape index (κ3) is 2.75. The van der Waals surface area contributed by atoms with Crippen LogP contribution >= 0.6 is 0 Å². The molecule has 3 heterocycles. The highest BCUT2D eigenvalue weighted by molar-refractivity contribution is 6.13. The van der Waals surface area contributed by atoms with E-state index in [1.807, 2.05) is 13.8 Å². The van der Waals surface area contributed by atoms with Crippen molar-refractivity contribution in [1.82, 2.24) is 0 Å². The molecule has 1 aromatic carbocycles. The Morgan fingerprint density at radius 1 is 1.19 bits per heavy atom. The summed E-state index contributed by atoms with van der Waals surface area (Å²) in [6.07, 6.45) is 2.97. The van der Waals surface area contributed by atoms with Gasteiger partial charge in [-0.1, -0.05) is 20.3 Å². The lowest BCUT2D eigenvalue weighted by molar-refractivity contribution is 0.0690. The summed E-state index contributed by atoms with van der Waals surface area (Å²) >= 11 is 0. The number of ketones is 1. The Morgan fingerprint density at radius 3 is 2.63 bits per heavy atom. The first-order valence-electron chi connectivity index (χ1n) is 9.79. The number of hydrogen-bond acceptors (Lipinski definition) is 5. The summed E-state index contributed by atoms with van der Waals surface area (Å²) in [6.45, 7) is 9.93. The molecule has 0 aliphatic carbocycles. The number of rotatable bonds is 2. The van der Waals surface area contributed by atoms with E-state index in [4.69, 9.17) is 13.9 Å². The van der Waals surface area contributed by atoms with Crippen LogP contribution in [-0.2, 0) is 12.8 Å². The van der Waals surface area contributed by atoms with Gasteiger partial charge in [0.15, 0.2) is 11.4 Å². The van der Waals surface area contributed by atoms with E-state index in [2.05, 4.69) is 20.8 Å². The number of benzene rings is 1. The summed E-state index contributed by atoms with van der Waals surface area (Å²) in [5.41, 5.74) is 1.76. The van der Waals surface area contributed by atoms with Gasteiger partial charge in [-0.25, -0.2) is 4.79 Å². The standard InChI is InChI=1S/C22H26O5/c1-6-7-13-10-15(23)26-21-16(13)20-14(8-9-22(4,5)27-20)19-17(21)18(24)11(2)12(3)25-19/h10-12H,6-9H2,1-5H3/t11-,12-/m1/s1.